The first-order valence-corrected chi connectivity index (χ1v) is 10.9. The number of para-hydroxylation sites is 1. The molecule has 2 heterocycles. The molecule has 0 fully saturated rings. The van der Waals surface area contributed by atoms with Crippen LogP contribution in [0, 0.1) is 0 Å². The number of rotatable bonds is 7. The number of carbonyl (C=O) groups is 1. The summed E-state index contributed by atoms with van der Waals surface area (Å²) in [5.41, 5.74) is 4.68. The fourth-order valence-corrected chi connectivity index (χ4v) is 3.82. The van der Waals surface area contributed by atoms with Crippen molar-refractivity contribution >= 4 is 11.7 Å². The average molecular weight is 450 g/mol. The topological polar surface area (TPSA) is 84.8 Å². The highest BCUT2D eigenvalue weighted by atomic mass is 16.5. The lowest BCUT2D eigenvalue weighted by molar-refractivity contribution is 0.102. The first-order valence-electron chi connectivity index (χ1n) is 10.9. The summed E-state index contributed by atoms with van der Waals surface area (Å²) in [5, 5.41) is 14.9. The molecule has 3 aromatic carbocycles. The minimum atomic E-state index is -0.281. The predicted molar refractivity (Wildman–Crippen MR) is 132 cm³/mol. The molecule has 34 heavy (non-hydrogen) atoms. The Kier molecular flexibility index (Phi) is 5.90. The number of methoxy groups -OCH3 is 1. The van der Waals surface area contributed by atoms with E-state index in [2.05, 4.69) is 15.5 Å². The van der Waals surface area contributed by atoms with Crippen molar-refractivity contribution in [2.45, 2.75) is 6.54 Å². The van der Waals surface area contributed by atoms with Crippen molar-refractivity contribution < 1.29 is 9.53 Å². The van der Waals surface area contributed by atoms with Gasteiger partial charge in [0.1, 0.15) is 11.4 Å². The monoisotopic (exact) mass is 449 g/mol. The Labute approximate surface area is 197 Å². The van der Waals surface area contributed by atoms with Gasteiger partial charge in [-0.2, -0.15) is 10.2 Å². The van der Waals surface area contributed by atoms with E-state index in [0.717, 1.165) is 28.1 Å². The molecule has 0 spiro atoms. The number of anilines is 1. The molecular formula is C27H23N5O2. The number of hydrogen-bond acceptors (Lipinski definition) is 4. The third-order valence-corrected chi connectivity index (χ3v) is 5.46. The third-order valence-electron chi connectivity index (χ3n) is 5.46. The molecule has 0 aliphatic carbocycles. The minimum absolute atomic E-state index is 0.281. The highest BCUT2D eigenvalue weighted by molar-refractivity contribution is 6.07. The van der Waals surface area contributed by atoms with Crippen molar-refractivity contribution in [2.24, 2.45) is 0 Å². The van der Waals surface area contributed by atoms with Gasteiger partial charge in [-0.1, -0.05) is 72.8 Å². The predicted octanol–water partition coefficient (Wildman–Crippen LogP) is 5.25. The van der Waals surface area contributed by atoms with Crippen LogP contribution >= 0.6 is 0 Å². The van der Waals surface area contributed by atoms with Crippen LogP contribution in [0.3, 0.4) is 0 Å². The zero-order valence-corrected chi connectivity index (χ0v) is 18.6. The SMILES string of the molecule is COc1ccccc1-c1cc(NC(=O)c2cn(Cc3ccccc3)nc2-c2ccccc2)n[nH]1. The Balaban J connectivity index is 1.43. The molecule has 0 atom stereocenters. The van der Waals surface area contributed by atoms with E-state index < -0.39 is 0 Å². The molecule has 0 saturated heterocycles. The Morgan fingerprint density at radius 1 is 0.971 bits per heavy atom. The lowest BCUT2D eigenvalue weighted by Crippen LogP contribution is -2.12. The van der Waals surface area contributed by atoms with Gasteiger partial charge in [0.15, 0.2) is 5.82 Å². The number of amides is 1. The third kappa shape index (κ3) is 4.45. The quantitative estimate of drug-likeness (QED) is 0.355. The second kappa shape index (κ2) is 9.46. The maximum atomic E-state index is 13.3. The lowest BCUT2D eigenvalue weighted by atomic mass is 10.1. The van der Waals surface area contributed by atoms with E-state index in [1.54, 1.807) is 24.1 Å². The number of ether oxygens (including phenoxy) is 1. The molecule has 7 heteroatoms. The van der Waals surface area contributed by atoms with Gasteiger partial charge in [0.2, 0.25) is 0 Å². The highest BCUT2D eigenvalue weighted by Crippen LogP contribution is 2.30. The second-order valence-corrected chi connectivity index (χ2v) is 7.76. The molecule has 5 aromatic rings. The fraction of sp³-hybridized carbons (Fsp3) is 0.0741. The molecule has 0 radical (unpaired) electrons. The summed E-state index contributed by atoms with van der Waals surface area (Å²) >= 11 is 0. The molecule has 0 unspecified atom stereocenters. The van der Waals surface area contributed by atoms with Crippen molar-refractivity contribution in [2.75, 3.05) is 12.4 Å². The molecule has 0 aliphatic heterocycles. The molecule has 0 aliphatic rings. The van der Waals surface area contributed by atoms with E-state index in [-0.39, 0.29) is 5.91 Å². The van der Waals surface area contributed by atoms with Gasteiger partial charge in [0.25, 0.3) is 5.91 Å². The molecule has 168 valence electrons. The summed E-state index contributed by atoms with van der Waals surface area (Å²) in [4.78, 5) is 13.3. The number of hydrogen-bond donors (Lipinski definition) is 2. The number of nitrogens with one attached hydrogen (secondary N) is 2. The maximum Gasteiger partial charge on any atom is 0.260 e. The molecular weight excluding hydrogens is 426 g/mol. The first-order chi connectivity index (χ1) is 16.7. The highest BCUT2D eigenvalue weighted by Gasteiger charge is 2.19. The van der Waals surface area contributed by atoms with Gasteiger partial charge in [0, 0.05) is 23.4 Å². The molecule has 2 aromatic heterocycles. The summed E-state index contributed by atoms with van der Waals surface area (Å²) in [5.74, 6) is 0.856. The molecule has 5 rings (SSSR count). The van der Waals surface area contributed by atoms with Crippen LogP contribution in [0.25, 0.3) is 22.5 Å². The fourth-order valence-electron chi connectivity index (χ4n) is 3.82. The van der Waals surface area contributed by atoms with Crippen molar-refractivity contribution in [3.05, 3.63) is 108 Å². The number of benzene rings is 3. The Bertz CT molecular complexity index is 1410. The summed E-state index contributed by atoms with van der Waals surface area (Å²) in [7, 11) is 1.62. The van der Waals surface area contributed by atoms with Gasteiger partial charge in [-0.3, -0.25) is 14.6 Å². The first kappa shape index (κ1) is 21.2. The normalized spacial score (nSPS) is 10.7. The Morgan fingerprint density at radius 3 is 2.44 bits per heavy atom. The van der Waals surface area contributed by atoms with E-state index in [9.17, 15) is 4.79 Å². The van der Waals surface area contributed by atoms with Crippen molar-refractivity contribution in [3.8, 4) is 28.3 Å². The minimum Gasteiger partial charge on any atom is -0.496 e. The van der Waals surface area contributed by atoms with Crippen LogP contribution in [0.5, 0.6) is 5.75 Å². The van der Waals surface area contributed by atoms with Crippen molar-refractivity contribution in [1.29, 1.82) is 0 Å². The van der Waals surface area contributed by atoms with Crippen molar-refractivity contribution in [1.82, 2.24) is 20.0 Å². The molecule has 1 amide bonds. The molecule has 7 nitrogen and oxygen atoms in total. The van der Waals surface area contributed by atoms with Crippen LogP contribution < -0.4 is 10.1 Å². The Morgan fingerprint density at radius 2 is 1.68 bits per heavy atom. The smallest absolute Gasteiger partial charge is 0.260 e. The van der Waals surface area contributed by atoms with E-state index in [4.69, 9.17) is 9.84 Å². The zero-order valence-electron chi connectivity index (χ0n) is 18.6. The summed E-state index contributed by atoms with van der Waals surface area (Å²) in [6.45, 7) is 0.564. The number of aromatic amines is 1. The van der Waals surface area contributed by atoms with E-state index in [1.165, 1.54) is 0 Å². The summed E-state index contributed by atoms with van der Waals surface area (Å²) < 4.78 is 7.22. The van der Waals surface area contributed by atoms with Gasteiger partial charge in [-0.15, -0.1) is 0 Å². The average Bonchev–Trinajstić information content (AvgIpc) is 3.52. The van der Waals surface area contributed by atoms with Crippen LogP contribution in [-0.4, -0.2) is 33.0 Å². The van der Waals surface area contributed by atoms with Gasteiger partial charge in [-0.25, -0.2) is 0 Å². The van der Waals surface area contributed by atoms with Crippen LogP contribution in [0.2, 0.25) is 0 Å². The van der Waals surface area contributed by atoms with E-state index in [1.807, 2.05) is 84.9 Å². The molecule has 2 N–H and O–H groups in total. The summed E-state index contributed by atoms with van der Waals surface area (Å²) in [6.07, 6.45) is 1.78. The van der Waals surface area contributed by atoms with Crippen LogP contribution in [0.4, 0.5) is 5.82 Å². The van der Waals surface area contributed by atoms with Crippen LogP contribution in [-0.2, 0) is 6.54 Å². The van der Waals surface area contributed by atoms with Gasteiger partial charge >= 0.3 is 0 Å². The maximum absolute atomic E-state index is 13.3. The largest absolute Gasteiger partial charge is 0.496 e. The molecule has 0 bridgehead atoms. The second-order valence-electron chi connectivity index (χ2n) is 7.76. The lowest BCUT2D eigenvalue weighted by Gasteiger charge is -2.05. The number of nitrogens with zero attached hydrogens (tertiary/aromatic N) is 3. The number of aromatic nitrogens is 4. The van der Waals surface area contributed by atoms with Crippen LogP contribution in [0.1, 0.15) is 15.9 Å². The number of carbonyl (C=O) groups excluding carboxylic acids is 1. The van der Waals surface area contributed by atoms with Crippen molar-refractivity contribution in [3.63, 3.8) is 0 Å². The zero-order chi connectivity index (χ0) is 23.3. The van der Waals surface area contributed by atoms with Gasteiger partial charge in [0.05, 0.1) is 24.9 Å². The van der Waals surface area contributed by atoms with E-state index in [0.29, 0.717) is 23.6 Å². The van der Waals surface area contributed by atoms with Gasteiger partial charge in [-0.05, 0) is 17.7 Å². The van der Waals surface area contributed by atoms with Gasteiger partial charge < -0.3 is 10.1 Å². The molecule has 0 saturated carbocycles. The van der Waals surface area contributed by atoms with Crippen LogP contribution in [0.15, 0.2) is 97.2 Å². The van der Waals surface area contributed by atoms with E-state index >= 15 is 0 Å². The Hall–Kier alpha value is -4.65. The summed E-state index contributed by atoms with van der Waals surface area (Å²) in [6, 6.07) is 29.1. The standard InChI is InChI=1S/C27H23N5O2/c1-34-24-15-9-8-14-21(24)23-16-25(30-29-23)28-27(33)22-18-32(17-19-10-4-2-5-11-19)31-26(22)20-12-6-3-7-13-20/h2-16,18H,17H2,1H3,(H2,28,29,30,33). The number of H-pyrrole nitrogens is 1.